The Morgan fingerprint density at radius 3 is 2.44 bits per heavy atom. The van der Waals surface area contributed by atoms with Gasteiger partial charge in [-0.3, -0.25) is 0 Å². The van der Waals surface area contributed by atoms with Crippen molar-refractivity contribution in [1.29, 1.82) is 0 Å². The van der Waals surface area contributed by atoms with E-state index in [2.05, 4.69) is 43.3 Å². The highest BCUT2D eigenvalue weighted by Gasteiger charge is 2.22. The Morgan fingerprint density at radius 2 is 1.84 bits per heavy atom. The van der Waals surface area contributed by atoms with E-state index in [1.807, 2.05) is 11.3 Å². The quantitative estimate of drug-likeness (QED) is 0.680. The molecule has 0 bridgehead atoms. The highest BCUT2D eigenvalue weighted by molar-refractivity contribution is 7.12. The van der Waals surface area contributed by atoms with Crippen molar-refractivity contribution in [2.45, 2.75) is 12.8 Å². The third kappa shape index (κ3) is 5.51. The van der Waals surface area contributed by atoms with Crippen LogP contribution in [0, 0.1) is 0 Å². The van der Waals surface area contributed by atoms with Crippen molar-refractivity contribution in [1.82, 2.24) is 9.88 Å². The predicted molar refractivity (Wildman–Crippen MR) is 97.0 cm³/mol. The summed E-state index contributed by atoms with van der Waals surface area (Å²) in [5.74, 6) is -2.51. The number of carbonyl (C=O) groups is 2. The van der Waals surface area contributed by atoms with E-state index in [-0.39, 0.29) is 0 Å². The third-order valence-corrected chi connectivity index (χ3v) is 4.62. The van der Waals surface area contributed by atoms with Crippen molar-refractivity contribution in [3.8, 4) is 11.3 Å². The van der Waals surface area contributed by atoms with Gasteiger partial charge < -0.3 is 15.1 Å². The first kappa shape index (κ1) is 18.8. The van der Waals surface area contributed by atoms with Gasteiger partial charge in [-0.25, -0.2) is 14.6 Å². The van der Waals surface area contributed by atoms with Crippen molar-refractivity contribution < 1.29 is 19.8 Å². The van der Waals surface area contributed by atoms with Gasteiger partial charge in [-0.2, -0.15) is 0 Å². The first-order chi connectivity index (χ1) is 11.9. The first-order valence-corrected chi connectivity index (χ1v) is 8.54. The summed E-state index contributed by atoms with van der Waals surface area (Å²) in [4.78, 5) is 27.6. The molecule has 1 aliphatic carbocycles. The Hall–Kier alpha value is -2.51. The summed E-state index contributed by atoms with van der Waals surface area (Å²) in [6.45, 7) is 1.08. The summed E-state index contributed by atoms with van der Waals surface area (Å²) < 4.78 is 0. The number of rotatable bonds is 5. The number of hydrogen-bond acceptors (Lipinski definition) is 5. The van der Waals surface area contributed by atoms with Gasteiger partial charge in [-0.05, 0) is 19.7 Å². The lowest BCUT2D eigenvalue weighted by Gasteiger charge is -2.06. The number of hydrogen-bond donors (Lipinski definition) is 2. The molecule has 1 heterocycles. The summed E-state index contributed by atoms with van der Waals surface area (Å²) in [7, 11) is 4.22. The zero-order valence-corrected chi connectivity index (χ0v) is 14.9. The van der Waals surface area contributed by atoms with E-state index >= 15 is 0 Å². The monoisotopic (exact) mass is 360 g/mol. The number of fused-ring (bicyclic) bond motifs is 3. The molecular formula is C18H20N2O4S. The lowest BCUT2D eigenvalue weighted by Crippen LogP contribution is -2.14. The van der Waals surface area contributed by atoms with Gasteiger partial charge in [0, 0.05) is 42.0 Å². The number of benzene rings is 1. The maximum atomic E-state index is 9.55. The van der Waals surface area contributed by atoms with Crippen LogP contribution in [0.15, 0.2) is 36.4 Å². The second kappa shape index (κ2) is 8.55. The molecule has 132 valence electrons. The van der Waals surface area contributed by atoms with Crippen molar-refractivity contribution >= 4 is 23.3 Å². The molecule has 6 nitrogen and oxygen atoms in total. The van der Waals surface area contributed by atoms with Crippen LogP contribution in [0.2, 0.25) is 0 Å². The molecule has 0 spiro atoms. The molecule has 0 radical (unpaired) electrons. The predicted octanol–water partition coefficient (Wildman–Crippen LogP) is 2.53. The zero-order chi connectivity index (χ0) is 18.4. The van der Waals surface area contributed by atoms with Crippen molar-refractivity contribution in [2.75, 3.05) is 20.6 Å². The van der Waals surface area contributed by atoms with Gasteiger partial charge in [-0.15, -0.1) is 11.3 Å². The maximum Gasteiger partial charge on any atom is 0.328 e. The van der Waals surface area contributed by atoms with Crippen LogP contribution in [-0.4, -0.2) is 52.7 Å². The summed E-state index contributed by atoms with van der Waals surface area (Å²) in [5, 5.41) is 16.9. The number of aliphatic carboxylic acids is 2. The van der Waals surface area contributed by atoms with Crippen LogP contribution in [0.5, 0.6) is 0 Å². The van der Waals surface area contributed by atoms with Crippen molar-refractivity contribution in [3.63, 3.8) is 0 Å². The van der Waals surface area contributed by atoms with E-state index < -0.39 is 11.9 Å². The van der Waals surface area contributed by atoms with Gasteiger partial charge in [0.2, 0.25) is 0 Å². The van der Waals surface area contributed by atoms with Crippen LogP contribution >= 0.6 is 11.3 Å². The number of thiazole rings is 1. The SMILES string of the molecule is CN(C)CCc1nc2c(s1)Cc1ccccc1-2.O=C(O)C=CC(=O)O. The Kier molecular flexibility index (Phi) is 6.44. The summed E-state index contributed by atoms with van der Waals surface area (Å²) in [5.41, 5.74) is 4.01. The molecule has 0 atom stereocenters. The molecule has 0 aliphatic heterocycles. The van der Waals surface area contributed by atoms with Crippen molar-refractivity contribution in [2.24, 2.45) is 0 Å². The number of carboxylic acids is 2. The second-order valence-electron chi connectivity index (χ2n) is 5.78. The Morgan fingerprint density at radius 1 is 1.20 bits per heavy atom. The maximum absolute atomic E-state index is 9.55. The highest BCUT2D eigenvalue weighted by atomic mass is 32.1. The fraction of sp³-hybridized carbons (Fsp3) is 0.278. The molecule has 2 aromatic rings. The molecule has 1 aromatic heterocycles. The highest BCUT2D eigenvalue weighted by Crippen LogP contribution is 2.39. The van der Waals surface area contributed by atoms with E-state index in [1.165, 1.54) is 26.7 Å². The number of aromatic nitrogens is 1. The minimum atomic E-state index is -1.26. The third-order valence-electron chi connectivity index (χ3n) is 3.51. The van der Waals surface area contributed by atoms with E-state index in [4.69, 9.17) is 15.2 Å². The minimum absolute atomic E-state index is 0.558. The lowest BCUT2D eigenvalue weighted by atomic mass is 10.1. The smallest absolute Gasteiger partial charge is 0.328 e. The minimum Gasteiger partial charge on any atom is -0.478 e. The van der Waals surface area contributed by atoms with Gasteiger partial charge in [0.25, 0.3) is 0 Å². The molecule has 0 saturated heterocycles. The number of nitrogens with zero attached hydrogens (tertiary/aromatic N) is 2. The summed E-state index contributed by atoms with van der Waals surface area (Å²) in [6.07, 6.45) is 3.25. The van der Waals surface area contributed by atoms with Gasteiger partial charge in [-0.1, -0.05) is 24.3 Å². The van der Waals surface area contributed by atoms with E-state index in [1.54, 1.807) is 0 Å². The van der Waals surface area contributed by atoms with Gasteiger partial charge in [0.15, 0.2) is 0 Å². The molecule has 0 fully saturated rings. The fourth-order valence-corrected chi connectivity index (χ4v) is 3.47. The van der Waals surface area contributed by atoms with E-state index in [0.717, 1.165) is 19.4 Å². The van der Waals surface area contributed by atoms with Crippen LogP contribution in [0.3, 0.4) is 0 Å². The lowest BCUT2D eigenvalue weighted by molar-refractivity contribution is -0.134. The van der Waals surface area contributed by atoms with E-state index in [0.29, 0.717) is 12.2 Å². The zero-order valence-electron chi connectivity index (χ0n) is 14.1. The molecular weight excluding hydrogens is 340 g/mol. The van der Waals surface area contributed by atoms with Gasteiger partial charge >= 0.3 is 11.9 Å². The Bertz CT molecular complexity index is 780. The largest absolute Gasteiger partial charge is 0.478 e. The van der Waals surface area contributed by atoms with Crippen LogP contribution in [0.4, 0.5) is 0 Å². The standard InChI is InChI=1S/C14H16N2S.C4H4O4/c1-16(2)8-7-13-15-14-11-6-4-3-5-10(11)9-12(14)17-13;5-3(6)1-2-4(7)8/h3-6H,7-9H2,1-2H3;1-2H,(H,5,6)(H,7,8). The molecule has 0 amide bonds. The van der Waals surface area contributed by atoms with Crippen LogP contribution in [0.1, 0.15) is 15.4 Å². The average molecular weight is 360 g/mol. The Balaban J connectivity index is 0.000000242. The molecule has 3 rings (SSSR count). The normalized spacial score (nSPS) is 11.8. The Labute approximate surface area is 150 Å². The number of carboxylic acid groups (broad SMARTS) is 2. The number of likely N-dealkylation sites (N-methyl/N-ethyl adjacent to an activating group) is 1. The summed E-state index contributed by atoms with van der Waals surface area (Å²) >= 11 is 1.88. The first-order valence-electron chi connectivity index (χ1n) is 7.72. The van der Waals surface area contributed by atoms with Crippen molar-refractivity contribution in [3.05, 3.63) is 51.9 Å². The summed E-state index contributed by atoms with van der Waals surface area (Å²) in [6, 6.07) is 8.62. The molecule has 1 aromatic carbocycles. The molecule has 2 N–H and O–H groups in total. The second-order valence-corrected chi connectivity index (χ2v) is 6.94. The van der Waals surface area contributed by atoms with E-state index in [9.17, 15) is 9.59 Å². The molecule has 25 heavy (non-hydrogen) atoms. The molecule has 7 heteroatoms. The topological polar surface area (TPSA) is 90.7 Å². The molecule has 0 unspecified atom stereocenters. The van der Waals surface area contributed by atoms with Gasteiger partial charge in [0.1, 0.15) is 0 Å². The molecule has 1 aliphatic rings. The van der Waals surface area contributed by atoms with Gasteiger partial charge in [0.05, 0.1) is 10.7 Å². The van der Waals surface area contributed by atoms with Crippen LogP contribution in [-0.2, 0) is 22.4 Å². The van der Waals surface area contributed by atoms with Crippen LogP contribution < -0.4 is 0 Å². The average Bonchev–Trinajstić information content (AvgIpc) is 3.09. The molecule has 0 saturated carbocycles. The van der Waals surface area contributed by atoms with Crippen LogP contribution in [0.25, 0.3) is 11.3 Å². The fourth-order valence-electron chi connectivity index (χ4n) is 2.38.